The first-order valence-electron chi connectivity index (χ1n) is 9.25. The van der Waals surface area contributed by atoms with E-state index in [1.165, 1.54) is 44.1 Å². The summed E-state index contributed by atoms with van der Waals surface area (Å²) in [5, 5.41) is 3.97. The van der Waals surface area contributed by atoms with E-state index in [1.807, 2.05) is 6.92 Å². The van der Waals surface area contributed by atoms with Gasteiger partial charge in [0.1, 0.15) is 11.3 Å². The molecule has 0 spiro atoms. The highest BCUT2D eigenvalue weighted by molar-refractivity contribution is 7.99. The van der Waals surface area contributed by atoms with Crippen molar-refractivity contribution in [1.29, 1.82) is 0 Å². The SMILES string of the molecule is Cc1ccc(-c2noc(C(C)Sc3nc4cc(S(=O)(=O)N(C)C)ccc4o3)n2)cc1F. The first-order chi connectivity index (χ1) is 14.6. The molecule has 0 aliphatic rings. The van der Waals surface area contributed by atoms with Crippen LogP contribution in [0.1, 0.15) is 23.6 Å². The van der Waals surface area contributed by atoms with E-state index in [1.54, 1.807) is 25.1 Å². The average molecular weight is 463 g/mol. The molecule has 4 rings (SSSR count). The normalized spacial score (nSPS) is 13.2. The molecule has 0 N–H and O–H groups in total. The van der Waals surface area contributed by atoms with Crippen LogP contribution in [-0.4, -0.2) is 41.9 Å². The summed E-state index contributed by atoms with van der Waals surface area (Å²) in [4.78, 5) is 8.85. The molecule has 162 valence electrons. The zero-order valence-electron chi connectivity index (χ0n) is 17.2. The highest BCUT2D eigenvalue weighted by atomic mass is 32.2. The summed E-state index contributed by atoms with van der Waals surface area (Å²) in [6.07, 6.45) is 0. The van der Waals surface area contributed by atoms with Crippen LogP contribution >= 0.6 is 11.8 Å². The van der Waals surface area contributed by atoms with Gasteiger partial charge >= 0.3 is 0 Å². The molecule has 2 aromatic carbocycles. The topological polar surface area (TPSA) is 102 Å². The Morgan fingerprint density at radius 3 is 2.61 bits per heavy atom. The number of halogens is 1. The van der Waals surface area contributed by atoms with Gasteiger partial charge in [-0.3, -0.25) is 0 Å². The lowest BCUT2D eigenvalue weighted by atomic mass is 10.1. The number of fused-ring (bicyclic) bond motifs is 1. The maximum Gasteiger partial charge on any atom is 0.257 e. The van der Waals surface area contributed by atoms with Gasteiger partial charge in [-0.2, -0.15) is 4.98 Å². The van der Waals surface area contributed by atoms with Gasteiger partial charge in [0.2, 0.25) is 21.7 Å². The Labute approximate surface area is 182 Å². The van der Waals surface area contributed by atoms with Crippen molar-refractivity contribution in [2.75, 3.05) is 14.1 Å². The van der Waals surface area contributed by atoms with Crippen molar-refractivity contribution in [2.45, 2.75) is 29.2 Å². The van der Waals surface area contributed by atoms with Gasteiger partial charge < -0.3 is 8.94 Å². The Balaban J connectivity index is 1.55. The number of hydrogen-bond donors (Lipinski definition) is 0. The molecule has 0 bridgehead atoms. The maximum atomic E-state index is 13.8. The molecule has 0 amide bonds. The molecule has 4 aromatic rings. The number of aromatic nitrogens is 3. The second kappa shape index (κ2) is 8.06. The number of aryl methyl sites for hydroxylation is 1. The minimum atomic E-state index is -3.57. The molecule has 1 unspecified atom stereocenters. The average Bonchev–Trinajstić information content (AvgIpc) is 3.36. The van der Waals surface area contributed by atoms with Crippen molar-refractivity contribution in [2.24, 2.45) is 0 Å². The fourth-order valence-electron chi connectivity index (χ4n) is 2.76. The smallest absolute Gasteiger partial charge is 0.257 e. The molecule has 0 aliphatic heterocycles. The Hall–Kier alpha value is -2.76. The summed E-state index contributed by atoms with van der Waals surface area (Å²) in [5.41, 5.74) is 1.95. The number of rotatable bonds is 6. The number of oxazole rings is 1. The van der Waals surface area contributed by atoms with E-state index >= 15 is 0 Å². The van der Waals surface area contributed by atoms with E-state index in [0.29, 0.717) is 33.3 Å². The summed E-state index contributed by atoms with van der Waals surface area (Å²) in [6.45, 7) is 3.52. The van der Waals surface area contributed by atoms with Crippen LogP contribution in [0.4, 0.5) is 4.39 Å². The van der Waals surface area contributed by atoms with Crippen LogP contribution in [0.25, 0.3) is 22.5 Å². The third-order valence-corrected chi connectivity index (χ3v) is 7.36. The third-order valence-electron chi connectivity index (χ3n) is 4.62. The molecule has 11 heteroatoms. The van der Waals surface area contributed by atoms with Crippen molar-refractivity contribution >= 4 is 32.9 Å². The summed E-state index contributed by atoms with van der Waals surface area (Å²) in [5.74, 6) is 0.282. The number of hydrogen-bond acceptors (Lipinski definition) is 8. The predicted octanol–water partition coefficient (Wildman–Crippen LogP) is 4.43. The zero-order chi connectivity index (χ0) is 22.3. The quantitative estimate of drug-likeness (QED) is 0.388. The highest BCUT2D eigenvalue weighted by Gasteiger charge is 2.22. The molecule has 0 radical (unpaired) electrons. The lowest BCUT2D eigenvalue weighted by Crippen LogP contribution is -2.22. The summed E-state index contributed by atoms with van der Waals surface area (Å²) >= 11 is 1.25. The van der Waals surface area contributed by atoms with Crippen molar-refractivity contribution in [3.05, 3.63) is 53.7 Å². The third kappa shape index (κ3) is 4.21. The van der Waals surface area contributed by atoms with Gasteiger partial charge in [0, 0.05) is 19.7 Å². The number of sulfonamides is 1. The van der Waals surface area contributed by atoms with Crippen LogP contribution in [0.5, 0.6) is 0 Å². The van der Waals surface area contributed by atoms with Gasteiger partial charge in [-0.1, -0.05) is 29.1 Å². The highest BCUT2D eigenvalue weighted by Crippen LogP contribution is 2.36. The second-order valence-electron chi connectivity index (χ2n) is 7.08. The second-order valence-corrected chi connectivity index (χ2v) is 10.5. The van der Waals surface area contributed by atoms with Crippen LogP contribution in [0.2, 0.25) is 0 Å². The Morgan fingerprint density at radius 2 is 1.90 bits per heavy atom. The van der Waals surface area contributed by atoms with Crippen LogP contribution in [0.3, 0.4) is 0 Å². The van der Waals surface area contributed by atoms with Crippen molar-refractivity contribution in [3.8, 4) is 11.4 Å². The summed E-state index contributed by atoms with van der Waals surface area (Å²) < 4.78 is 50.6. The number of thioether (sulfide) groups is 1. The summed E-state index contributed by atoms with van der Waals surface area (Å²) in [7, 11) is -0.635. The molecule has 0 aliphatic carbocycles. The van der Waals surface area contributed by atoms with Crippen LogP contribution in [-0.2, 0) is 10.0 Å². The van der Waals surface area contributed by atoms with Gasteiger partial charge in [-0.25, -0.2) is 22.1 Å². The van der Waals surface area contributed by atoms with Crippen molar-refractivity contribution in [1.82, 2.24) is 19.4 Å². The Kier molecular flexibility index (Phi) is 5.58. The predicted molar refractivity (Wildman–Crippen MR) is 114 cm³/mol. The maximum absolute atomic E-state index is 13.8. The minimum Gasteiger partial charge on any atom is -0.431 e. The van der Waals surface area contributed by atoms with Gasteiger partial charge in [0.25, 0.3) is 5.22 Å². The number of nitrogens with zero attached hydrogens (tertiary/aromatic N) is 4. The first kappa shape index (κ1) is 21.5. The zero-order valence-corrected chi connectivity index (χ0v) is 18.8. The van der Waals surface area contributed by atoms with Gasteiger partial charge in [-0.05, 0) is 43.7 Å². The van der Waals surface area contributed by atoms with E-state index in [2.05, 4.69) is 15.1 Å². The molecule has 0 fully saturated rings. The van der Waals surface area contributed by atoms with Gasteiger partial charge in [-0.15, -0.1) is 0 Å². The van der Waals surface area contributed by atoms with Crippen LogP contribution < -0.4 is 0 Å². The summed E-state index contributed by atoms with van der Waals surface area (Å²) in [6, 6.07) is 9.27. The van der Waals surface area contributed by atoms with E-state index in [4.69, 9.17) is 8.94 Å². The van der Waals surface area contributed by atoms with Crippen molar-refractivity contribution < 1.29 is 21.7 Å². The fourth-order valence-corrected chi connectivity index (χ4v) is 4.47. The molecule has 0 saturated heterocycles. The lowest BCUT2D eigenvalue weighted by molar-refractivity contribution is 0.380. The van der Waals surface area contributed by atoms with Crippen molar-refractivity contribution in [3.63, 3.8) is 0 Å². The van der Waals surface area contributed by atoms with E-state index < -0.39 is 10.0 Å². The first-order valence-corrected chi connectivity index (χ1v) is 11.6. The van der Waals surface area contributed by atoms with Crippen LogP contribution in [0.15, 0.2) is 55.5 Å². The van der Waals surface area contributed by atoms with Gasteiger partial charge in [0.05, 0.1) is 10.1 Å². The number of benzene rings is 2. The molecular formula is C20H19FN4O4S2. The Bertz CT molecular complexity index is 1360. The van der Waals surface area contributed by atoms with E-state index in [9.17, 15) is 12.8 Å². The molecule has 0 saturated carbocycles. The minimum absolute atomic E-state index is 0.134. The van der Waals surface area contributed by atoms with Crippen LogP contribution in [0, 0.1) is 12.7 Å². The van der Waals surface area contributed by atoms with Gasteiger partial charge in [0.15, 0.2) is 5.58 Å². The molecule has 1 atom stereocenters. The monoisotopic (exact) mass is 462 g/mol. The molecule has 8 nitrogen and oxygen atoms in total. The Morgan fingerprint density at radius 1 is 1.13 bits per heavy atom. The molecule has 31 heavy (non-hydrogen) atoms. The molecule has 2 aromatic heterocycles. The van der Waals surface area contributed by atoms with E-state index in [-0.39, 0.29) is 21.8 Å². The lowest BCUT2D eigenvalue weighted by Gasteiger charge is -2.10. The standard InChI is InChI=1S/C20H19FN4O4S2/c1-11-5-6-13(9-15(11)21)18-23-19(29-24-18)12(2)30-20-22-16-10-14(7-8-17(16)28-20)31(26,27)25(3)4/h5-10,12H,1-4H3. The largest absolute Gasteiger partial charge is 0.431 e. The molecular weight excluding hydrogens is 443 g/mol. The van der Waals surface area contributed by atoms with E-state index in [0.717, 1.165) is 4.31 Å². The fraction of sp³-hybridized carbons (Fsp3) is 0.250. The molecule has 2 heterocycles.